The summed E-state index contributed by atoms with van der Waals surface area (Å²) in [7, 11) is -3.16. The number of halogens is 1. The van der Waals surface area contributed by atoms with Gasteiger partial charge < -0.3 is 0 Å². The highest BCUT2D eigenvalue weighted by molar-refractivity contribution is 7.90. The van der Waals surface area contributed by atoms with Gasteiger partial charge in [-0.3, -0.25) is 0 Å². The molecule has 0 heterocycles. The van der Waals surface area contributed by atoms with Gasteiger partial charge in [0, 0.05) is 11.3 Å². The average Bonchev–Trinajstić information content (AvgIpc) is 3.20. The summed E-state index contributed by atoms with van der Waals surface area (Å²) in [4.78, 5) is 0.375. The van der Waals surface area contributed by atoms with Gasteiger partial charge in [-0.25, -0.2) is 8.42 Å². The van der Waals surface area contributed by atoms with Crippen LogP contribution < -0.4 is 0 Å². The Morgan fingerprint density at radius 3 is 2.00 bits per heavy atom. The van der Waals surface area contributed by atoms with Gasteiger partial charge in [-0.2, -0.15) is 0 Å². The van der Waals surface area contributed by atoms with Crippen molar-refractivity contribution in [2.75, 3.05) is 6.26 Å². The minimum atomic E-state index is -3.16. The molecule has 0 N–H and O–H groups in total. The van der Waals surface area contributed by atoms with Crippen LogP contribution in [0.3, 0.4) is 0 Å². The second kappa shape index (κ2) is 5.72. The molecule has 1 saturated carbocycles. The van der Waals surface area contributed by atoms with Gasteiger partial charge in [0.2, 0.25) is 0 Å². The van der Waals surface area contributed by atoms with Crippen molar-refractivity contribution in [3.05, 3.63) is 64.2 Å². The maximum atomic E-state index is 11.7. The van der Waals surface area contributed by atoms with E-state index in [0.717, 1.165) is 29.0 Å². The van der Waals surface area contributed by atoms with E-state index in [1.165, 1.54) is 35.8 Å². The van der Waals surface area contributed by atoms with Crippen molar-refractivity contribution < 1.29 is 8.42 Å². The van der Waals surface area contributed by atoms with Crippen LogP contribution in [0.1, 0.15) is 42.4 Å². The SMILES string of the molecule is Cc1cc(C2=C(c3ccc(S(C)(=O)=O)cc3)CC3(CC3)C2)ccc1Cl. The van der Waals surface area contributed by atoms with Crippen molar-refractivity contribution in [3.63, 3.8) is 0 Å². The van der Waals surface area contributed by atoms with E-state index in [9.17, 15) is 8.42 Å². The zero-order valence-electron chi connectivity index (χ0n) is 14.5. The molecular weight excluding hydrogens is 352 g/mol. The molecule has 0 aliphatic heterocycles. The Bertz CT molecular complexity index is 981. The molecule has 4 rings (SSSR count). The molecule has 130 valence electrons. The van der Waals surface area contributed by atoms with Crippen LogP contribution in [0.4, 0.5) is 0 Å². The topological polar surface area (TPSA) is 34.1 Å². The number of rotatable bonds is 3. The standard InChI is InChI=1S/C21H21ClO2S/c1-14-11-16(5-8-20(14)22)19-13-21(9-10-21)12-18(19)15-3-6-17(7-4-15)25(2,23)24/h3-8,11H,9-10,12-13H2,1-2H3. The predicted molar refractivity (Wildman–Crippen MR) is 103 cm³/mol. The first-order valence-corrected chi connectivity index (χ1v) is 10.8. The fourth-order valence-corrected chi connectivity index (χ4v) is 4.59. The van der Waals surface area contributed by atoms with Crippen molar-refractivity contribution in [1.82, 2.24) is 0 Å². The zero-order valence-corrected chi connectivity index (χ0v) is 16.0. The number of allylic oxidation sites excluding steroid dienone is 2. The van der Waals surface area contributed by atoms with E-state index >= 15 is 0 Å². The van der Waals surface area contributed by atoms with E-state index in [1.807, 2.05) is 25.1 Å². The van der Waals surface area contributed by atoms with Gasteiger partial charge in [-0.15, -0.1) is 0 Å². The Balaban J connectivity index is 1.79. The van der Waals surface area contributed by atoms with Gasteiger partial charge in [0.25, 0.3) is 0 Å². The van der Waals surface area contributed by atoms with Crippen molar-refractivity contribution in [1.29, 1.82) is 0 Å². The molecule has 1 spiro atoms. The smallest absolute Gasteiger partial charge is 0.175 e. The van der Waals surface area contributed by atoms with Crippen LogP contribution in [0.2, 0.25) is 5.02 Å². The van der Waals surface area contributed by atoms with Gasteiger partial charge in [0.15, 0.2) is 9.84 Å². The lowest BCUT2D eigenvalue weighted by Gasteiger charge is -2.10. The average molecular weight is 373 g/mol. The van der Waals surface area contributed by atoms with Gasteiger partial charge in [0.05, 0.1) is 4.90 Å². The lowest BCUT2D eigenvalue weighted by Crippen LogP contribution is -1.97. The summed E-state index contributed by atoms with van der Waals surface area (Å²) < 4.78 is 23.4. The van der Waals surface area contributed by atoms with Gasteiger partial charge in [0.1, 0.15) is 0 Å². The van der Waals surface area contributed by atoms with Crippen LogP contribution >= 0.6 is 11.6 Å². The second-order valence-corrected chi connectivity index (χ2v) is 9.99. The van der Waals surface area contributed by atoms with E-state index in [-0.39, 0.29) is 0 Å². The molecular formula is C21H21ClO2S. The van der Waals surface area contributed by atoms with Crippen molar-refractivity contribution >= 4 is 32.6 Å². The lowest BCUT2D eigenvalue weighted by atomic mass is 9.96. The van der Waals surface area contributed by atoms with Gasteiger partial charge in [-0.05, 0) is 84.1 Å². The van der Waals surface area contributed by atoms with Gasteiger partial charge >= 0.3 is 0 Å². The summed E-state index contributed by atoms with van der Waals surface area (Å²) in [5, 5.41) is 0.794. The molecule has 0 saturated heterocycles. The summed E-state index contributed by atoms with van der Waals surface area (Å²) in [5.41, 5.74) is 6.67. The van der Waals surface area contributed by atoms with E-state index < -0.39 is 9.84 Å². The van der Waals surface area contributed by atoms with E-state index in [4.69, 9.17) is 11.6 Å². The molecule has 2 nitrogen and oxygen atoms in total. The molecule has 0 radical (unpaired) electrons. The summed E-state index contributed by atoms with van der Waals surface area (Å²) in [6, 6.07) is 13.6. The monoisotopic (exact) mass is 372 g/mol. The van der Waals surface area contributed by atoms with Crippen LogP contribution in [0, 0.1) is 12.3 Å². The summed E-state index contributed by atoms with van der Waals surface area (Å²) in [5.74, 6) is 0. The fraction of sp³-hybridized carbons (Fsp3) is 0.333. The molecule has 4 heteroatoms. The number of sulfone groups is 1. The maximum Gasteiger partial charge on any atom is 0.175 e. The molecule has 0 aromatic heterocycles. The van der Waals surface area contributed by atoms with Gasteiger partial charge in [-0.1, -0.05) is 35.9 Å². The highest BCUT2D eigenvalue weighted by Crippen LogP contribution is 2.63. The van der Waals surface area contributed by atoms with Crippen LogP contribution in [0.5, 0.6) is 0 Å². The van der Waals surface area contributed by atoms with E-state index in [1.54, 1.807) is 12.1 Å². The van der Waals surface area contributed by atoms with E-state index in [2.05, 4.69) is 12.1 Å². The summed E-state index contributed by atoms with van der Waals surface area (Å²) in [6.45, 7) is 2.04. The third-order valence-electron chi connectivity index (χ3n) is 5.56. The molecule has 2 aliphatic rings. The largest absolute Gasteiger partial charge is 0.224 e. The minimum Gasteiger partial charge on any atom is -0.224 e. The molecule has 2 aliphatic carbocycles. The Hall–Kier alpha value is -1.58. The first-order chi connectivity index (χ1) is 11.8. The van der Waals surface area contributed by atoms with Crippen LogP contribution in [-0.4, -0.2) is 14.7 Å². The molecule has 0 bridgehead atoms. The summed E-state index contributed by atoms with van der Waals surface area (Å²) >= 11 is 6.20. The Labute approximate surface area is 154 Å². The molecule has 0 amide bonds. The van der Waals surface area contributed by atoms with Crippen molar-refractivity contribution in [2.45, 2.75) is 37.5 Å². The maximum absolute atomic E-state index is 11.7. The predicted octanol–water partition coefficient (Wildman–Crippen LogP) is 5.54. The van der Waals surface area contributed by atoms with Crippen LogP contribution in [-0.2, 0) is 9.84 Å². The number of hydrogen-bond acceptors (Lipinski definition) is 2. The summed E-state index contributed by atoms with van der Waals surface area (Å²) in [6.07, 6.45) is 6.01. The van der Waals surface area contributed by atoms with Crippen molar-refractivity contribution in [2.24, 2.45) is 5.41 Å². The molecule has 1 fully saturated rings. The van der Waals surface area contributed by atoms with Crippen LogP contribution in [0.15, 0.2) is 47.4 Å². The molecule has 2 aromatic rings. The Morgan fingerprint density at radius 2 is 1.48 bits per heavy atom. The number of hydrogen-bond donors (Lipinski definition) is 0. The first-order valence-electron chi connectivity index (χ1n) is 8.57. The lowest BCUT2D eigenvalue weighted by molar-refractivity contribution is 0.568. The zero-order chi connectivity index (χ0) is 17.8. The highest BCUT2D eigenvalue weighted by atomic mass is 35.5. The molecule has 0 unspecified atom stereocenters. The minimum absolute atomic E-state index is 0.375. The Morgan fingerprint density at radius 1 is 0.920 bits per heavy atom. The van der Waals surface area contributed by atoms with Crippen molar-refractivity contribution in [3.8, 4) is 0 Å². The highest BCUT2D eigenvalue weighted by Gasteiger charge is 2.48. The first kappa shape index (κ1) is 16.9. The normalized spacial score (nSPS) is 18.8. The quantitative estimate of drug-likeness (QED) is 0.709. The van der Waals surface area contributed by atoms with E-state index in [0.29, 0.717) is 10.3 Å². The third kappa shape index (κ3) is 3.16. The molecule has 2 aromatic carbocycles. The number of benzene rings is 2. The molecule has 0 atom stereocenters. The third-order valence-corrected chi connectivity index (χ3v) is 7.11. The van der Waals surface area contributed by atoms with Crippen LogP contribution in [0.25, 0.3) is 11.1 Å². The fourth-order valence-electron chi connectivity index (χ4n) is 3.84. The second-order valence-electron chi connectivity index (χ2n) is 7.57. The Kier molecular flexibility index (Phi) is 3.86. The number of aryl methyl sites for hydroxylation is 1. The molecule has 25 heavy (non-hydrogen) atoms.